The molecule has 106 valence electrons. The molecule has 3 N–H and O–H groups in total. The summed E-state index contributed by atoms with van der Waals surface area (Å²) in [5, 5.41) is 3.81. The SMILES string of the molecule is Cc1cnc(CNC(=O)CCC(N)c2ccccc2)s1. The molecule has 0 bridgehead atoms. The van der Waals surface area contributed by atoms with Gasteiger partial charge in [0.1, 0.15) is 5.01 Å². The van der Waals surface area contributed by atoms with E-state index >= 15 is 0 Å². The number of carbonyl (C=O) groups is 1. The van der Waals surface area contributed by atoms with Crippen molar-refractivity contribution in [2.24, 2.45) is 5.73 Å². The first-order valence-electron chi connectivity index (χ1n) is 6.63. The predicted octanol–water partition coefficient (Wildman–Crippen LogP) is 2.55. The Kier molecular flexibility index (Phi) is 5.26. The van der Waals surface area contributed by atoms with E-state index < -0.39 is 0 Å². The lowest BCUT2D eigenvalue weighted by molar-refractivity contribution is -0.121. The minimum atomic E-state index is -0.0935. The topological polar surface area (TPSA) is 68.0 Å². The Morgan fingerprint density at radius 3 is 2.80 bits per heavy atom. The van der Waals surface area contributed by atoms with Gasteiger partial charge in [0.25, 0.3) is 0 Å². The van der Waals surface area contributed by atoms with Gasteiger partial charge in [-0.05, 0) is 18.9 Å². The number of nitrogens with one attached hydrogen (secondary N) is 1. The summed E-state index contributed by atoms with van der Waals surface area (Å²) in [4.78, 5) is 17.1. The van der Waals surface area contributed by atoms with Gasteiger partial charge in [-0.1, -0.05) is 30.3 Å². The second-order valence-corrected chi connectivity index (χ2v) is 6.02. The van der Waals surface area contributed by atoms with Crippen LogP contribution in [0.5, 0.6) is 0 Å². The van der Waals surface area contributed by atoms with Gasteiger partial charge in [0.2, 0.25) is 5.91 Å². The standard InChI is InChI=1S/C15H19N3OS/c1-11-9-18-15(20-11)10-17-14(19)8-7-13(16)12-5-3-2-4-6-12/h2-6,9,13H,7-8,10,16H2,1H3,(H,17,19). The molecule has 0 saturated carbocycles. The number of hydrogen-bond donors (Lipinski definition) is 2. The Morgan fingerprint density at radius 1 is 1.40 bits per heavy atom. The van der Waals surface area contributed by atoms with Crippen molar-refractivity contribution in [1.82, 2.24) is 10.3 Å². The predicted molar refractivity (Wildman–Crippen MR) is 81.3 cm³/mol. The summed E-state index contributed by atoms with van der Waals surface area (Å²) in [6.45, 7) is 2.50. The molecule has 0 spiro atoms. The summed E-state index contributed by atoms with van der Waals surface area (Å²) in [5.41, 5.74) is 7.13. The quantitative estimate of drug-likeness (QED) is 0.858. The molecular weight excluding hydrogens is 270 g/mol. The zero-order chi connectivity index (χ0) is 14.4. The molecule has 1 heterocycles. The first kappa shape index (κ1) is 14.7. The fraction of sp³-hybridized carbons (Fsp3) is 0.333. The Bertz CT molecular complexity index is 553. The largest absolute Gasteiger partial charge is 0.350 e. The Labute approximate surface area is 123 Å². The highest BCUT2D eigenvalue weighted by molar-refractivity contribution is 7.11. The van der Waals surface area contributed by atoms with E-state index in [4.69, 9.17) is 5.73 Å². The van der Waals surface area contributed by atoms with E-state index in [-0.39, 0.29) is 11.9 Å². The van der Waals surface area contributed by atoms with Crippen molar-refractivity contribution in [2.75, 3.05) is 0 Å². The fourth-order valence-electron chi connectivity index (χ4n) is 1.90. The first-order chi connectivity index (χ1) is 9.65. The van der Waals surface area contributed by atoms with Gasteiger partial charge in [-0.15, -0.1) is 11.3 Å². The molecule has 0 aliphatic carbocycles. The highest BCUT2D eigenvalue weighted by Gasteiger charge is 2.09. The number of thiazole rings is 1. The molecule has 20 heavy (non-hydrogen) atoms. The molecule has 0 aliphatic heterocycles. The molecule has 2 aromatic rings. The van der Waals surface area contributed by atoms with E-state index in [0.717, 1.165) is 15.4 Å². The van der Waals surface area contributed by atoms with Gasteiger partial charge in [0.05, 0.1) is 6.54 Å². The van der Waals surface area contributed by atoms with E-state index in [1.807, 2.05) is 43.5 Å². The average molecular weight is 289 g/mol. The maximum Gasteiger partial charge on any atom is 0.220 e. The van der Waals surface area contributed by atoms with E-state index in [2.05, 4.69) is 10.3 Å². The minimum absolute atomic E-state index is 0.0178. The van der Waals surface area contributed by atoms with Crippen LogP contribution in [0, 0.1) is 6.92 Å². The van der Waals surface area contributed by atoms with Crippen molar-refractivity contribution in [3.05, 3.63) is 52.0 Å². The van der Waals surface area contributed by atoms with Gasteiger partial charge in [0, 0.05) is 23.5 Å². The zero-order valence-corrected chi connectivity index (χ0v) is 12.3. The molecule has 1 atom stereocenters. The summed E-state index contributed by atoms with van der Waals surface area (Å²) in [7, 11) is 0. The molecule has 1 aromatic carbocycles. The minimum Gasteiger partial charge on any atom is -0.350 e. The molecule has 0 radical (unpaired) electrons. The van der Waals surface area contributed by atoms with Crippen molar-refractivity contribution in [3.8, 4) is 0 Å². The molecule has 4 nitrogen and oxygen atoms in total. The number of rotatable bonds is 6. The van der Waals surface area contributed by atoms with Crippen LogP contribution in [-0.4, -0.2) is 10.9 Å². The molecule has 1 unspecified atom stereocenters. The van der Waals surface area contributed by atoms with Gasteiger partial charge in [-0.3, -0.25) is 4.79 Å². The van der Waals surface area contributed by atoms with Crippen LogP contribution in [0.2, 0.25) is 0 Å². The number of amides is 1. The molecule has 0 saturated heterocycles. The third-order valence-corrected chi connectivity index (χ3v) is 3.93. The summed E-state index contributed by atoms with van der Waals surface area (Å²) in [6, 6.07) is 9.75. The summed E-state index contributed by atoms with van der Waals surface area (Å²) in [5.74, 6) is 0.0178. The normalized spacial score (nSPS) is 12.1. The lowest BCUT2D eigenvalue weighted by atomic mass is 10.0. The Hall–Kier alpha value is -1.72. The van der Waals surface area contributed by atoms with Crippen molar-refractivity contribution in [1.29, 1.82) is 0 Å². The number of aromatic nitrogens is 1. The number of aryl methyl sites for hydroxylation is 1. The molecule has 1 aromatic heterocycles. The summed E-state index contributed by atoms with van der Waals surface area (Å²) < 4.78 is 0. The van der Waals surface area contributed by atoms with Crippen molar-refractivity contribution in [3.63, 3.8) is 0 Å². The van der Waals surface area contributed by atoms with Gasteiger partial charge in [-0.25, -0.2) is 4.98 Å². The monoisotopic (exact) mass is 289 g/mol. The van der Waals surface area contributed by atoms with Crippen LogP contribution in [0.3, 0.4) is 0 Å². The number of nitrogens with zero attached hydrogens (tertiary/aromatic N) is 1. The number of nitrogens with two attached hydrogens (primary N) is 1. The van der Waals surface area contributed by atoms with Gasteiger partial charge < -0.3 is 11.1 Å². The van der Waals surface area contributed by atoms with Crippen molar-refractivity contribution >= 4 is 17.2 Å². The molecule has 2 rings (SSSR count). The van der Waals surface area contributed by atoms with Crippen LogP contribution in [-0.2, 0) is 11.3 Å². The third-order valence-electron chi connectivity index (χ3n) is 3.02. The third kappa shape index (κ3) is 4.43. The van der Waals surface area contributed by atoms with Crippen LogP contribution >= 0.6 is 11.3 Å². The maximum absolute atomic E-state index is 11.8. The highest BCUT2D eigenvalue weighted by Crippen LogP contribution is 2.15. The molecule has 0 fully saturated rings. The summed E-state index contributed by atoms with van der Waals surface area (Å²) >= 11 is 1.60. The van der Waals surface area contributed by atoms with E-state index in [1.54, 1.807) is 11.3 Å². The number of carbonyl (C=O) groups excluding carboxylic acids is 1. The first-order valence-corrected chi connectivity index (χ1v) is 7.45. The van der Waals surface area contributed by atoms with Crippen LogP contribution in [0.25, 0.3) is 0 Å². The molecule has 5 heteroatoms. The zero-order valence-electron chi connectivity index (χ0n) is 11.5. The number of benzene rings is 1. The second-order valence-electron chi connectivity index (χ2n) is 4.70. The van der Waals surface area contributed by atoms with E-state index in [1.165, 1.54) is 0 Å². The summed E-state index contributed by atoms with van der Waals surface area (Å²) in [6.07, 6.45) is 2.89. The average Bonchev–Trinajstić information content (AvgIpc) is 2.89. The van der Waals surface area contributed by atoms with Crippen LogP contribution in [0.1, 0.15) is 34.3 Å². The van der Waals surface area contributed by atoms with Crippen molar-refractivity contribution < 1.29 is 4.79 Å². The Balaban J connectivity index is 1.72. The fourth-order valence-corrected chi connectivity index (χ4v) is 2.63. The van der Waals surface area contributed by atoms with Gasteiger partial charge in [-0.2, -0.15) is 0 Å². The van der Waals surface area contributed by atoms with Crippen LogP contribution in [0.4, 0.5) is 0 Å². The van der Waals surface area contributed by atoms with Crippen molar-refractivity contribution in [2.45, 2.75) is 32.4 Å². The van der Waals surface area contributed by atoms with E-state index in [9.17, 15) is 4.79 Å². The number of hydrogen-bond acceptors (Lipinski definition) is 4. The molecule has 1 amide bonds. The second kappa shape index (κ2) is 7.17. The lowest BCUT2D eigenvalue weighted by Crippen LogP contribution is -2.24. The van der Waals surface area contributed by atoms with Crippen LogP contribution < -0.4 is 11.1 Å². The molecule has 0 aliphatic rings. The Morgan fingerprint density at radius 2 is 2.15 bits per heavy atom. The van der Waals surface area contributed by atoms with Gasteiger partial charge in [0.15, 0.2) is 0 Å². The maximum atomic E-state index is 11.8. The smallest absolute Gasteiger partial charge is 0.220 e. The van der Waals surface area contributed by atoms with E-state index in [0.29, 0.717) is 19.4 Å². The van der Waals surface area contributed by atoms with Gasteiger partial charge >= 0.3 is 0 Å². The molecular formula is C15H19N3OS. The highest BCUT2D eigenvalue weighted by atomic mass is 32.1. The lowest BCUT2D eigenvalue weighted by Gasteiger charge is -2.11. The van der Waals surface area contributed by atoms with Crippen LogP contribution in [0.15, 0.2) is 36.5 Å².